The van der Waals surface area contributed by atoms with Crippen LogP contribution in [0.3, 0.4) is 0 Å². The van der Waals surface area contributed by atoms with Gasteiger partial charge in [-0.15, -0.1) is 0 Å². The normalized spacial score (nSPS) is 20.4. The molecule has 2 amide bonds. The van der Waals surface area contributed by atoms with Gasteiger partial charge in [0, 0.05) is 49.6 Å². The van der Waals surface area contributed by atoms with Gasteiger partial charge in [-0.2, -0.15) is 13.2 Å². The minimum atomic E-state index is -4.41. The number of hydrogen-bond acceptors (Lipinski definition) is 3. The molecule has 0 saturated carbocycles. The van der Waals surface area contributed by atoms with Crippen molar-refractivity contribution in [3.05, 3.63) is 58.6 Å². The van der Waals surface area contributed by atoms with Crippen LogP contribution in [0.15, 0.2) is 42.5 Å². The van der Waals surface area contributed by atoms with Gasteiger partial charge in [-0.25, -0.2) is 4.79 Å². The van der Waals surface area contributed by atoms with Crippen LogP contribution in [0.2, 0.25) is 5.02 Å². The molecule has 1 unspecified atom stereocenters. The van der Waals surface area contributed by atoms with Gasteiger partial charge in [0.25, 0.3) is 0 Å². The summed E-state index contributed by atoms with van der Waals surface area (Å²) in [6.07, 6.45) is -2.60. The largest absolute Gasteiger partial charge is 0.485 e. The second-order valence-corrected chi connectivity index (χ2v) is 8.15. The lowest BCUT2D eigenvalue weighted by Gasteiger charge is -2.46. The Hall–Kier alpha value is -2.45. The summed E-state index contributed by atoms with van der Waals surface area (Å²) in [5.74, 6) is 0.612. The molecule has 2 aliphatic rings. The number of piperidine rings is 1. The molecule has 1 saturated heterocycles. The van der Waals surface area contributed by atoms with Crippen molar-refractivity contribution in [3.63, 3.8) is 0 Å². The molecule has 160 valence electrons. The van der Waals surface area contributed by atoms with Gasteiger partial charge in [0.1, 0.15) is 11.4 Å². The molecule has 0 aromatic heterocycles. The van der Waals surface area contributed by atoms with Crippen LogP contribution < -0.4 is 15.8 Å². The fraction of sp³-hybridized carbons (Fsp3) is 0.381. The van der Waals surface area contributed by atoms with Crippen LogP contribution in [-0.4, -0.2) is 29.6 Å². The smallest absolute Gasteiger partial charge is 0.416 e. The van der Waals surface area contributed by atoms with Gasteiger partial charge in [-0.05, 0) is 30.3 Å². The molecule has 2 aromatic carbocycles. The maximum atomic E-state index is 12.7. The van der Waals surface area contributed by atoms with Crippen LogP contribution in [0.25, 0.3) is 0 Å². The summed E-state index contributed by atoms with van der Waals surface area (Å²) >= 11 is 6.29. The molecule has 1 fully saturated rings. The third kappa shape index (κ3) is 4.06. The van der Waals surface area contributed by atoms with Crippen LogP contribution in [0.4, 0.5) is 23.7 Å². The molecular weight excluding hydrogens is 419 g/mol. The monoisotopic (exact) mass is 439 g/mol. The molecule has 1 atom stereocenters. The Morgan fingerprint density at radius 2 is 1.83 bits per heavy atom. The standard InChI is InChI=1S/C21H21ClF3N3O2/c22-16-3-1-2-15-17(26)12-20(30-18(15)16)8-10-28(11-9-20)19(29)27-14-6-4-13(5-7-14)21(23,24)25/h1-7,17H,8-12,26H2,(H,27,29). The van der Waals surface area contributed by atoms with Crippen molar-refractivity contribution in [1.29, 1.82) is 0 Å². The lowest BCUT2D eigenvalue weighted by atomic mass is 9.81. The lowest BCUT2D eigenvalue weighted by Crippen LogP contribution is -2.53. The van der Waals surface area contributed by atoms with Gasteiger partial charge in [-0.1, -0.05) is 23.7 Å². The molecule has 2 heterocycles. The highest BCUT2D eigenvalue weighted by Crippen LogP contribution is 2.46. The van der Waals surface area contributed by atoms with E-state index >= 15 is 0 Å². The number of benzene rings is 2. The van der Waals surface area contributed by atoms with Crippen molar-refractivity contribution in [1.82, 2.24) is 4.90 Å². The number of anilines is 1. The Balaban J connectivity index is 1.39. The first-order valence-electron chi connectivity index (χ1n) is 9.63. The molecule has 4 rings (SSSR count). The third-order valence-electron chi connectivity index (χ3n) is 5.73. The third-order valence-corrected chi connectivity index (χ3v) is 6.03. The molecule has 2 aliphatic heterocycles. The first kappa shape index (κ1) is 20.8. The van der Waals surface area contributed by atoms with Gasteiger partial charge < -0.3 is 20.7 Å². The van der Waals surface area contributed by atoms with Crippen molar-refractivity contribution in [2.45, 2.75) is 37.1 Å². The Bertz CT molecular complexity index is 942. The molecule has 0 bridgehead atoms. The predicted octanol–water partition coefficient (Wildman–Crippen LogP) is 5.21. The maximum Gasteiger partial charge on any atom is 0.416 e. The average Bonchev–Trinajstić information content (AvgIpc) is 2.69. The summed E-state index contributed by atoms with van der Waals surface area (Å²) in [6, 6.07) is 9.34. The highest BCUT2D eigenvalue weighted by molar-refractivity contribution is 6.32. The highest BCUT2D eigenvalue weighted by atomic mass is 35.5. The first-order valence-corrected chi connectivity index (χ1v) is 10.0. The van der Waals surface area contributed by atoms with Gasteiger partial charge in [0.05, 0.1) is 10.6 Å². The van der Waals surface area contributed by atoms with E-state index in [2.05, 4.69) is 5.32 Å². The summed E-state index contributed by atoms with van der Waals surface area (Å²) in [5.41, 5.74) is 6.30. The minimum absolute atomic E-state index is 0.194. The summed E-state index contributed by atoms with van der Waals surface area (Å²) in [7, 11) is 0. The Morgan fingerprint density at radius 3 is 2.47 bits per heavy atom. The van der Waals surface area contributed by atoms with E-state index in [-0.39, 0.29) is 12.1 Å². The number of nitrogens with zero attached hydrogens (tertiary/aromatic N) is 1. The number of nitrogens with two attached hydrogens (primary N) is 1. The van der Waals surface area contributed by atoms with Crippen molar-refractivity contribution >= 4 is 23.3 Å². The van der Waals surface area contributed by atoms with E-state index in [1.807, 2.05) is 12.1 Å². The topological polar surface area (TPSA) is 67.6 Å². The van der Waals surface area contributed by atoms with E-state index in [1.165, 1.54) is 12.1 Å². The zero-order valence-corrected chi connectivity index (χ0v) is 16.8. The van der Waals surface area contributed by atoms with Crippen molar-refractivity contribution in [3.8, 4) is 5.75 Å². The zero-order chi connectivity index (χ0) is 21.5. The summed E-state index contributed by atoms with van der Waals surface area (Å²) in [5, 5.41) is 3.17. The van der Waals surface area contributed by atoms with E-state index in [0.29, 0.717) is 48.8 Å². The van der Waals surface area contributed by atoms with E-state index < -0.39 is 17.3 Å². The number of para-hydroxylation sites is 1. The maximum absolute atomic E-state index is 12.7. The van der Waals surface area contributed by atoms with Crippen LogP contribution in [0, 0.1) is 0 Å². The predicted molar refractivity (Wildman–Crippen MR) is 108 cm³/mol. The molecule has 2 aromatic rings. The molecule has 1 spiro atoms. The van der Waals surface area contributed by atoms with Crippen LogP contribution in [0.1, 0.15) is 36.4 Å². The number of hydrogen-bond donors (Lipinski definition) is 2. The number of likely N-dealkylation sites (tertiary alicyclic amines) is 1. The number of alkyl halides is 3. The van der Waals surface area contributed by atoms with E-state index in [4.69, 9.17) is 22.1 Å². The SMILES string of the molecule is NC1CC2(CCN(C(=O)Nc3ccc(C(F)(F)F)cc3)CC2)Oc2c(Cl)cccc21. The summed E-state index contributed by atoms with van der Waals surface area (Å²) in [6.45, 7) is 0.887. The van der Waals surface area contributed by atoms with Gasteiger partial charge in [0.2, 0.25) is 0 Å². The number of ether oxygens (including phenoxy) is 1. The second-order valence-electron chi connectivity index (χ2n) is 7.75. The number of nitrogens with one attached hydrogen (secondary N) is 1. The van der Waals surface area contributed by atoms with Crippen molar-refractivity contribution in [2.24, 2.45) is 5.73 Å². The van der Waals surface area contributed by atoms with Crippen molar-refractivity contribution < 1.29 is 22.7 Å². The van der Waals surface area contributed by atoms with Gasteiger partial charge in [-0.3, -0.25) is 0 Å². The number of amides is 2. The number of carbonyl (C=O) groups excluding carboxylic acids is 1. The summed E-state index contributed by atoms with van der Waals surface area (Å²) < 4.78 is 44.3. The molecule has 3 N–H and O–H groups in total. The molecule has 30 heavy (non-hydrogen) atoms. The van der Waals surface area contributed by atoms with E-state index in [1.54, 1.807) is 11.0 Å². The molecule has 0 aliphatic carbocycles. The number of halogens is 4. The second kappa shape index (κ2) is 7.67. The van der Waals surface area contributed by atoms with Crippen LogP contribution in [-0.2, 0) is 6.18 Å². The van der Waals surface area contributed by atoms with Crippen LogP contribution >= 0.6 is 11.6 Å². The highest BCUT2D eigenvalue weighted by Gasteiger charge is 2.43. The van der Waals surface area contributed by atoms with Gasteiger partial charge >= 0.3 is 12.2 Å². The average molecular weight is 440 g/mol. The van der Waals surface area contributed by atoms with Gasteiger partial charge in [0.15, 0.2) is 0 Å². The number of rotatable bonds is 1. The van der Waals surface area contributed by atoms with E-state index in [9.17, 15) is 18.0 Å². The Kier molecular flexibility index (Phi) is 5.32. The zero-order valence-electron chi connectivity index (χ0n) is 16.0. The minimum Gasteiger partial charge on any atom is -0.485 e. The fourth-order valence-electron chi connectivity index (χ4n) is 4.06. The fourth-order valence-corrected chi connectivity index (χ4v) is 4.28. The Labute approximate surface area is 176 Å². The van der Waals surface area contributed by atoms with Crippen molar-refractivity contribution in [2.75, 3.05) is 18.4 Å². The summed E-state index contributed by atoms with van der Waals surface area (Å²) in [4.78, 5) is 14.2. The lowest BCUT2D eigenvalue weighted by molar-refractivity contribution is -0.137. The Morgan fingerprint density at radius 1 is 1.17 bits per heavy atom. The molecular formula is C21H21ClF3N3O2. The van der Waals surface area contributed by atoms with E-state index in [0.717, 1.165) is 17.7 Å². The quantitative estimate of drug-likeness (QED) is 0.641. The molecule has 5 nitrogen and oxygen atoms in total. The first-order chi connectivity index (χ1) is 14.2. The van der Waals surface area contributed by atoms with Crippen LogP contribution in [0.5, 0.6) is 5.75 Å². The number of carbonyl (C=O) groups is 1. The number of urea groups is 1. The molecule has 9 heteroatoms. The number of fused-ring (bicyclic) bond motifs is 1. The molecule has 0 radical (unpaired) electrons.